The van der Waals surface area contributed by atoms with Crippen molar-refractivity contribution in [1.29, 1.82) is 0 Å². The van der Waals surface area contributed by atoms with E-state index in [0.29, 0.717) is 13.2 Å². The van der Waals surface area contributed by atoms with E-state index in [2.05, 4.69) is 41.7 Å². The molecule has 0 fully saturated rings. The SMILES string of the molecule is CC(C)Oc1ccc(NC2COCc3ccccc32)cc1. The molecule has 0 radical (unpaired) electrons. The molecule has 2 aromatic rings. The molecule has 1 aliphatic heterocycles. The monoisotopic (exact) mass is 283 g/mol. The largest absolute Gasteiger partial charge is 0.491 e. The molecule has 3 nitrogen and oxygen atoms in total. The molecule has 3 rings (SSSR count). The van der Waals surface area contributed by atoms with Gasteiger partial charge in [0.2, 0.25) is 0 Å². The third-order valence-electron chi connectivity index (χ3n) is 3.54. The number of nitrogens with one attached hydrogen (secondary N) is 1. The fourth-order valence-electron chi connectivity index (χ4n) is 2.60. The van der Waals surface area contributed by atoms with Gasteiger partial charge >= 0.3 is 0 Å². The Labute approximate surface area is 125 Å². The Morgan fingerprint density at radius 3 is 2.62 bits per heavy atom. The first-order valence-electron chi connectivity index (χ1n) is 7.41. The Kier molecular flexibility index (Phi) is 4.11. The van der Waals surface area contributed by atoms with Crippen molar-refractivity contribution in [2.75, 3.05) is 11.9 Å². The van der Waals surface area contributed by atoms with Gasteiger partial charge in [-0.25, -0.2) is 0 Å². The molecule has 1 N–H and O–H groups in total. The maximum Gasteiger partial charge on any atom is 0.119 e. The summed E-state index contributed by atoms with van der Waals surface area (Å²) in [4.78, 5) is 0. The van der Waals surface area contributed by atoms with Crippen molar-refractivity contribution in [3.63, 3.8) is 0 Å². The molecule has 0 saturated carbocycles. The molecule has 1 aliphatic rings. The van der Waals surface area contributed by atoms with Crippen LogP contribution in [0.3, 0.4) is 0 Å². The zero-order valence-electron chi connectivity index (χ0n) is 12.5. The number of benzene rings is 2. The summed E-state index contributed by atoms with van der Waals surface area (Å²) in [6.45, 7) is 5.46. The van der Waals surface area contributed by atoms with Crippen LogP contribution >= 0.6 is 0 Å². The summed E-state index contributed by atoms with van der Waals surface area (Å²) in [5.74, 6) is 0.899. The zero-order valence-corrected chi connectivity index (χ0v) is 12.5. The second-order valence-corrected chi connectivity index (χ2v) is 5.60. The van der Waals surface area contributed by atoms with Crippen LogP contribution in [0.5, 0.6) is 5.75 Å². The first-order valence-corrected chi connectivity index (χ1v) is 7.41. The molecule has 1 heterocycles. The van der Waals surface area contributed by atoms with E-state index in [4.69, 9.17) is 9.47 Å². The maximum atomic E-state index is 5.67. The van der Waals surface area contributed by atoms with E-state index < -0.39 is 0 Å². The molecule has 0 amide bonds. The summed E-state index contributed by atoms with van der Waals surface area (Å²) in [5.41, 5.74) is 3.67. The van der Waals surface area contributed by atoms with E-state index in [-0.39, 0.29) is 12.1 Å². The molecule has 0 aromatic heterocycles. The third-order valence-corrected chi connectivity index (χ3v) is 3.54. The number of ether oxygens (including phenoxy) is 2. The van der Waals surface area contributed by atoms with Crippen LogP contribution in [-0.2, 0) is 11.3 Å². The van der Waals surface area contributed by atoms with Gasteiger partial charge in [0.1, 0.15) is 5.75 Å². The Bertz CT molecular complexity index is 592. The topological polar surface area (TPSA) is 30.5 Å². The standard InChI is InChI=1S/C18H21NO2/c1-13(2)21-16-9-7-15(8-10-16)19-18-12-20-11-14-5-3-4-6-17(14)18/h3-10,13,18-19H,11-12H2,1-2H3. The van der Waals surface area contributed by atoms with E-state index in [1.807, 2.05) is 26.0 Å². The number of anilines is 1. The molecule has 0 aliphatic carbocycles. The van der Waals surface area contributed by atoms with Crippen molar-refractivity contribution in [3.05, 3.63) is 59.7 Å². The molecule has 0 saturated heterocycles. The lowest BCUT2D eigenvalue weighted by molar-refractivity contribution is 0.0970. The summed E-state index contributed by atoms with van der Waals surface area (Å²) in [6, 6.07) is 16.7. The molecule has 1 atom stereocenters. The van der Waals surface area contributed by atoms with E-state index in [1.54, 1.807) is 0 Å². The van der Waals surface area contributed by atoms with Crippen LogP contribution in [0, 0.1) is 0 Å². The van der Waals surface area contributed by atoms with Gasteiger partial charge in [-0.15, -0.1) is 0 Å². The number of hydrogen-bond donors (Lipinski definition) is 1. The summed E-state index contributed by atoms with van der Waals surface area (Å²) in [7, 11) is 0. The molecule has 0 spiro atoms. The van der Waals surface area contributed by atoms with Crippen LogP contribution in [0.4, 0.5) is 5.69 Å². The molecule has 21 heavy (non-hydrogen) atoms. The first-order chi connectivity index (χ1) is 10.2. The van der Waals surface area contributed by atoms with Crippen molar-refractivity contribution in [2.24, 2.45) is 0 Å². The minimum absolute atomic E-state index is 0.197. The van der Waals surface area contributed by atoms with Crippen LogP contribution in [0.2, 0.25) is 0 Å². The number of fused-ring (bicyclic) bond motifs is 1. The highest BCUT2D eigenvalue weighted by Gasteiger charge is 2.19. The Balaban J connectivity index is 1.73. The van der Waals surface area contributed by atoms with E-state index in [1.165, 1.54) is 11.1 Å². The summed E-state index contributed by atoms with van der Waals surface area (Å²) >= 11 is 0. The van der Waals surface area contributed by atoms with Crippen molar-refractivity contribution in [3.8, 4) is 5.75 Å². The fourth-order valence-corrected chi connectivity index (χ4v) is 2.60. The smallest absolute Gasteiger partial charge is 0.119 e. The minimum Gasteiger partial charge on any atom is -0.491 e. The van der Waals surface area contributed by atoms with Gasteiger partial charge in [0.05, 0.1) is 25.4 Å². The molecule has 3 heteroatoms. The third kappa shape index (κ3) is 3.37. The lowest BCUT2D eigenvalue weighted by Gasteiger charge is -2.27. The highest BCUT2D eigenvalue weighted by atomic mass is 16.5. The number of rotatable bonds is 4. The van der Waals surface area contributed by atoms with Crippen LogP contribution in [0.1, 0.15) is 31.0 Å². The Morgan fingerprint density at radius 2 is 1.86 bits per heavy atom. The second kappa shape index (κ2) is 6.19. The van der Waals surface area contributed by atoms with E-state index in [0.717, 1.165) is 11.4 Å². The van der Waals surface area contributed by atoms with Gasteiger partial charge < -0.3 is 14.8 Å². The lowest BCUT2D eigenvalue weighted by atomic mass is 9.99. The van der Waals surface area contributed by atoms with Crippen LogP contribution in [-0.4, -0.2) is 12.7 Å². The van der Waals surface area contributed by atoms with Gasteiger partial charge in [0.15, 0.2) is 0 Å². The fraction of sp³-hybridized carbons (Fsp3) is 0.333. The maximum absolute atomic E-state index is 5.67. The van der Waals surface area contributed by atoms with Gasteiger partial charge in [-0.2, -0.15) is 0 Å². The summed E-state index contributed by atoms with van der Waals surface area (Å²) in [6.07, 6.45) is 0.197. The zero-order chi connectivity index (χ0) is 14.7. The predicted molar refractivity (Wildman–Crippen MR) is 84.7 cm³/mol. The average Bonchev–Trinajstić information content (AvgIpc) is 2.49. The van der Waals surface area contributed by atoms with Crippen molar-refractivity contribution < 1.29 is 9.47 Å². The highest BCUT2D eigenvalue weighted by Crippen LogP contribution is 2.28. The quantitative estimate of drug-likeness (QED) is 0.914. The average molecular weight is 283 g/mol. The van der Waals surface area contributed by atoms with Crippen molar-refractivity contribution in [2.45, 2.75) is 32.6 Å². The molecule has 1 unspecified atom stereocenters. The van der Waals surface area contributed by atoms with Crippen LogP contribution < -0.4 is 10.1 Å². The van der Waals surface area contributed by atoms with Crippen molar-refractivity contribution in [1.82, 2.24) is 0 Å². The summed E-state index contributed by atoms with van der Waals surface area (Å²) in [5, 5.41) is 3.54. The van der Waals surface area contributed by atoms with Crippen LogP contribution in [0.25, 0.3) is 0 Å². The summed E-state index contributed by atoms with van der Waals surface area (Å²) < 4.78 is 11.3. The predicted octanol–water partition coefficient (Wildman–Crippen LogP) is 4.16. The normalized spacial score (nSPS) is 17.4. The molecule has 0 bridgehead atoms. The van der Waals surface area contributed by atoms with Gasteiger partial charge in [-0.3, -0.25) is 0 Å². The molecule has 2 aromatic carbocycles. The molecular formula is C18H21NO2. The lowest BCUT2D eigenvalue weighted by Crippen LogP contribution is -2.23. The van der Waals surface area contributed by atoms with Gasteiger partial charge in [-0.05, 0) is 49.2 Å². The molecular weight excluding hydrogens is 262 g/mol. The Morgan fingerprint density at radius 1 is 1.10 bits per heavy atom. The highest BCUT2D eigenvalue weighted by molar-refractivity contribution is 5.49. The second-order valence-electron chi connectivity index (χ2n) is 5.60. The van der Waals surface area contributed by atoms with Gasteiger partial charge in [-0.1, -0.05) is 24.3 Å². The van der Waals surface area contributed by atoms with Crippen molar-refractivity contribution >= 4 is 5.69 Å². The van der Waals surface area contributed by atoms with E-state index >= 15 is 0 Å². The first kappa shape index (κ1) is 14.0. The van der Waals surface area contributed by atoms with Gasteiger partial charge in [0, 0.05) is 5.69 Å². The molecule has 110 valence electrons. The minimum atomic E-state index is 0.197. The number of hydrogen-bond acceptors (Lipinski definition) is 3. The van der Waals surface area contributed by atoms with Gasteiger partial charge in [0.25, 0.3) is 0 Å². The van der Waals surface area contributed by atoms with E-state index in [9.17, 15) is 0 Å². The Hall–Kier alpha value is -2.00. The van der Waals surface area contributed by atoms with Crippen LogP contribution in [0.15, 0.2) is 48.5 Å².